The molecule has 0 saturated heterocycles. The van der Waals surface area contributed by atoms with E-state index in [1.807, 2.05) is 0 Å². The van der Waals surface area contributed by atoms with Gasteiger partial charge in [-0.05, 0) is 0 Å². The predicted molar refractivity (Wildman–Crippen MR) is 22.0 cm³/mol. The Balaban J connectivity index is -0.000000135. The zero-order valence-corrected chi connectivity index (χ0v) is 15.9. The molecule has 0 aliphatic heterocycles. The molecular formula is C4H4K2NaO6+. The average Bonchev–Trinajstić information content (AvgIpc) is 1.84. The minimum Gasteiger partial charge on any atom is -0.547 e. The van der Waals surface area contributed by atoms with Crippen molar-refractivity contribution in [1.82, 2.24) is 0 Å². The van der Waals surface area contributed by atoms with Crippen LogP contribution in [0.15, 0.2) is 0 Å². The van der Waals surface area contributed by atoms with Gasteiger partial charge in [-0.1, -0.05) is 0 Å². The largest absolute Gasteiger partial charge is 1.00 e. The number of aliphatic carboxylic acids is 2. The van der Waals surface area contributed by atoms with Gasteiger partial charge in [0.1, 0.15) is 12.2 Å². The van der Waals surface area contributed by atoms with Crippen molar-refractivity contribution in [3.8, 4) is 0 Å². The van der Waals surface area contributed by atoms with E-state index in [2.05, 4.69) is 0 Å². The standard InChI is InChI=1S/C4H6O6.2K.Na/c5-1(3(7)8)2(6)4(9)10;;;/h1-2,5-6H,(H,7,8)(H,9,10);;;/q;3*+1/p-2. The third-order valence-electron chi connectivity index (χ3n) is 0.782. The summed E-state index contributed by atoms with van der Waals surface area (Å²) in [6.45, 7) is 0. The molecular weight excluding hydrogens is 245 g/mol. The van der Waals surface area contributed by atoms with Gasteiger partial charge in [0.2, 0.25) is 0 Å². The Labute approximate surface area is 182 Å². The Morgan fingerprint density at radius 1 is 0.923 bits per heavy atom. The predicted octanol–water partition coefficient (Wildman–Crippen LogP) is -13.8. The van der Waals surface area contributed by atoms with E-state index in [-0.39, 0.29) is 132 Å². The smallest absolute Gasteiger partial charge is 0.547 e. The Hall–Kier alpha value is 3.13. The molecule has 2 N–H and O–H groups in total. The monoisotopic (exact) mass is 249 g/mol. The molecule has 0 rings (SSSR count). The van der Waals surface area contributed by atoms with Crippen molar-refractivity contribution in [3.63, 3.8) is 0 Å². The second kappa shape index (κ2) is 13.2. The molecule has 13 heavy (non-hydrogen) atoms. The van der Waals surface area contributed by atoms with Crippen molar-refractivity contribution < 1.29 is 162 Å². The maximum absolute atomic E-state index is 9.63. The number of hydrogen-bond donors (Lipinski definition) is 2. The molecule has 0 fully saturated rings. The summed E-state index contributed by atoms with van der Waals surface area (Å²) < 4.78 is 0. The van der Waals surface area contributed by atoms with Crippen LogP contribution in [0.3, 0.4) is 0 Å². The van der Waals surface area contributed by atoms with Crippen LogP contribution in [-0.2, 0) is 9.59 Å². The van der Waals surface area contributed by atoms with E-state index in [1.54, 1.807) is 0 Å². The number of carbonyl (C=O) groups is 2. The van der Waals surface area contributed by atoms with Crippen LogP contribution in [-0.4, -0.2) is 34.4 Å². The molecule has 2 atom stereocenters. The fraction of sp³-hybridized carbons (Fsp3) is 0.500. The van der Waals surface area contributed by atoms with Crippen LogP contribution in [0.4, 0.5) is 0 Å². The van der Waals surface area contributed by atoms with Crippen LogP contribution in [0, 0.1) is 0 Å². The van der Waals surface area contributed by atoms with Crippen LogP contribution < -0.4 is 143 Å². The molecule has 0 aliphatic rings. The van der Waals surface area contributed by atoms with E-state index in [9.17, 15) is 19.8 Å². The molecule has 0 saturated carbocycles. The van der Waals surface area contributed by atoms with Crippen LogP contribution in [0.5, 0.6) is 0 Å². The molecule has 9 heteroatoms. The van der Waals surface area contributed by atoms with Crippen molar-refractivity contribution in [2.24, 2.45) is 0 Å². The van der Waals surface area contributed by atoms with E-state index in [0.717, 1.165) is 0 Å². The maximum Gasteiger partial charge on any atom is 1.00 e. The molecule has 2 unspecified atom stereocenters. The number of aliphatic hydroxyl groups excluding tert-OH is 2. The van der Waals surface area contributed by atoms with Gasteiger partial charge >= 0.3 is 132 Å². The normalized spacial score (nSPS) is 12.2. The summed E-state index contributed by atoms with van der Waals surface area (Å²) in [5.74, 6) is -4.12. The molecule has 0 bridgehead atoms. The third-order valence-corrected chi connectivity index (χ3v) is 0.782. The van der Waals surface area contributed by atoms with Crippen LogP contribution in [0.2, 0.25) is 0 Å². The van der Waals surface area contributed by atoms with Crippen molar-refractivity contribution in [2.75, 3.05) is 0 Å². The summed E-state index contributed by atoms with van der Waals surface area (Å²) in [5, 5.41) is 35.7. The molecule has 0 amide bonds. The van der Waals surface area contributed by atoms with Gasteiger partial charge in [0.05, 0.1) is 11.9 Å². The topological polar surface area (TPSA) is 121 Å². The van der Waals surface area contributed by atoms with Gasteiger partial charge in [-0.25, -0.2) is 0 Å². The van der Waals surface area contributed by atoms with Gasteiger partial charge < -0.3 is 30.0 Å². The van der Waals surface area contributed by atoms with E-state index in [4.69, 9.17) is 10.2 Å². The summed E-state index contributed by atoms with van der Waals surface area (Å²) in [6.07, 6.45) is -4.88. The Kier molecular flexibility index (Phi) is 25.5. The van der Waals surface area contributed by atoms with E-state index in [0.29, 0.717) is 0 Å². The van der Waals surface area contributed by atoms with Crippen molar-refractivity contribution >= 4 is 11.9 Å². The van der Waals surface area contributed by atoms with E-state index < -0.39 is 24.1 Å². The van der Waals surface area contributed by atoms with Gasteiger partial charge in [-0.3, -0.25) is 0 Å². The van der Waals surface area contributed by atoms with Gasteiger partial charge in [0, 0.05) is 0 Å². The molecule has 0 spiro atoms. The first-order valence-corrected chi connectivity index (χ1v) is 2.24. The fourth-order valence-electron chi connectivity index (χ4n) is 0.258. The van der Waals surface area contributed by atoms with Gasteiger partial charge in [0.25, 0.3) is 0 Å². The van der Waals surface area contributed by atoms with Crippen molar-refractivity contribution in [3.05, 3.63) is 0 Å². The first-order chi connectivity index (χ1) is 4.46. The maximum atomic E-state index is 9.63. The Bertz CT molecular complexity index is 147. The zero-order valence-electron chi connectivity index (χ0n) is 7.68. The van der Waals surface area contributed by atoms with Gasteiger partial charge in [-0.2, -0.15) is 0 Å². The zero-order chi connectivity index (χ0) is 8.31. The number of carboxylic acids is 2. The number of carbonyl (C=O) groups excluding carboxylic acids is 2. The third kappa shape index (κ3) is 11.4. The summed E-state index contributed by atoms with van der Waals surface area (Å²) in [7, 11) is 0. The van der Waals surface area contributed by atoms with E-state index in [1.165, 1.54) is 0 Å². The summed E-state index contributed by atoms with van der Waals surface area (Å²) in [6, 6.07) is 0. The van der Waals surface area contributed by atoms with Crippen LogP contribution in [0.1, 0.15) is 0 Å². The SMILES string of the molecule is O=C([O-])C(O)C(O)C(=O)[O-].[K+].[K+].[Na+]. The Morgan fingerprint density at radius 2 is 1.08 bits per heavy atom. The first kappa shape index (κ1) is 25.1. The van der Waals surface area contributed by atoms with Gasteiger partial charge in [0.15, 0.2) is 0 Å². The van der Waals surface area contributed by atoms with Gasteiger partial charge in [-0.15, -0.1) is 0 Å². The molecule has 0 radical (unpaired) electrons. The molecule has 0 aliphatic carbocycles. The molecule has 6 nitrogen and oxygen atoms in total. The summed E-state index contributed by atoms with van der Waals surface area (Å²) >= 11 is 0. The summed E-state index contributed by atoms with van der Waals surface area (Å²) in [5.41, 5.74) is 0. The number of rotatable bonds is 3. The van der Waals surface area contributed by atoms with Crippen molar-refractivity contribution in [2.45, 2.75) is 12.2 Å². The minimum atomic E-state index is -2.44. The second-order valence-electron chi connectivity index (χ2n) is 1.53. The van der Waals surface area contributed by atoms with E-state index >= 15 is 0 Å². The van der Waals surface area contributed by atoms with Crippen molar-refractivity contribution in [1.29, 1.82) is 0 Å². The molecule has 0 aromatic heterocycles. The number of aliphatic hydroxyl groups is 2. The molecule has 0 aromatic carbocycles. The second-order valence-corrected chi connectivity index (χ2v) is 1.53. The summed E-state index contributed by atoms with van der Waals surface area (Å²) in [4.78, 5) is 19.3. The number of hydrogen-bond acceptors (Lipinski definition) is 6. The minimum absolute atomic E-state index is 0. The van der Waals surface area contributed by atoms with Crippen LogP contribution >= 0.6 is 0 Å². The molecule has 58 valence electrons. The number of carboxylic acid groups (broad SMARTS) is 2. The first-order valence-electron chi connectivity index (χ1n) is 2.24. The van der Waals surface area contributed by atoms with Crippen LogP contribution in [0.25, 0.3) is 0 Å². The quantitative estimate of drug-likeness (QED) is 0.479. The fourth-order valence-corrected chi connectivity index (χ4v) is 0.258. The molecule has 0 aromatic rings. The average molecular weight is 249 g/mol. The molecule has 0 heterocycles. The Morgan fingerprint density at radius 3 is 1.15 bits per heavy atom.